The van der Waals surface area contributed by atoms with E-state index in [9.17, 15) is 4.79 Å². The Morgan fingerprint density at radius 2 is 1.67 bits per heavy atom. The maximum Gasteiger partial charge on any atom is 0.256 e. The fraction of sp³-hybridized carbons (Fsp3) is 0.500. The van der Waals surface area contributed by atoms with Crippen molar-refractivity contribution in [2.45, 2.75) is 78.9 Å². The zero-order chi connectivity index (χ0) is 22.0. The number of carbonyl (C=O) groups excluding carboxylic acids is 1. The highest BCUT2D eigenvalue weighted by Crippen LogP contribution is 2.29. The lowest BCUT2D eigenvalue weighted by Crippen LogP contribution is -2.43. The molecule has 0 saturated carbocycles. The van der Waals surface area contributed by atoms with Crippen molar-refractivity contribution in [2.24, 2.45) is 0 Å². The number of anilines is 1. The van der Waals surface area contributed by atoms with Crippen LogP contribution in [0.3, 0.4) is 0 Å². The van der Waals surface area contributed by atoms with E-state index < -0.39 is 5.60 Å². The molecule has 4 heteroatoms. The highest BCUT2D eigenvalue weighted by molar-refractivity contribution is 5.97. The van der Waals surface area contributed by atoms with Crippen molar-refractivity contribution in [3.05, 3.63) is 59.2 Å². The number of amides is 1. The summed E-state index contributed by atoms with van der Waals surface area (Å²) in [6.07, 6.45) is 4.82. The number of rotatable bonds is 12. The molecule has 2 aromatic rings. The summed E-state index contributed by atoms with van der Waals surface area (Å²) in [7, 11) is 0. The second kappa shape index (κ2) is 11.8. The van der Waals surface area contributed by atoms with Crippen molar-refractivity contribution in [2.75, 3.05) is 11.9 Å². The lowest BCUT2D eigenvalue weighted by molar-refractivity contribution is -0.140. The molecule has 164 valence electrons. The monoisotopic (exact) mass is 411 g/mol. The molecule has 0 spiro atoms. The quantitative estimate of drug-likeness (QED) is 0.401. The maximum atomic E-state index is 13.1. The molecule has 0 heterocycles. The summed E-state index contributed by atoms with van der Waals surface area (Å²) in [6, 6.07) is 14.1. The Bertz CT molecular complexity index is 780. The summed E-state index contributed by atoms with van der Waals surface area (Å²) in [5, 5.41) is 3.08. The first-order valence-corrected chi connectivity index (χ1v) is 11.1. The normalized spacial score (nSPS) is 13.0. The molecule has 0 unspecified atom stereocenters. The molecule has 0 aliphatic heterocycles. The van der Waals surface area contributed by atoms with Gasteiger partial charge in [-0.1, -0.05) is 63.4 Å². The van der Waals surface area contributed by atoms with Crippen LogP contribution in [0.4, 0.5) is 5.69 Å². The standard InChI is InChI=1S/C26H37NO3/c1-6-8-12-15-26(5,30-16-7-2)25(28)27-23-17-20(3)24(21(4)18-23)29-19-22-13-10-9-11-14-22/h9-11,13-14,17-18H,6-8,12,15-16,19H2,1-5H3,(H,27,28)/t26-/m1/s1. The fourth-order valence-electron chi connectivity index (χ4n) is 3.53. The molecule has 0 radical (unpaired) electrons. The van der Waals surface area contributed by atoms with E-state index in [0.29, 0.717) is 13.2 Å². The highest BCUT2D eigenvalue weighted by Gasteiger charge is 2.33. The molecule has 0 saturated heterocycles. The third-order valence-electron chi connectivity index (χ3n) is 5.31. The summed E-state index contributed by atoms with van der Waals surface area (Å²) >= 11 is 0. The molecule has 1 N–H and O–H groups in total. The van der Waals surface area contributed by atoms with Gasteiger partial charge in [-0.2, -0.15) is 0 Å². The van der Waals surface area contributed by atoms with Crippen LogP contribution in [0.5, 0.6) is 5.75 Å². The Balaban J connectivity index is 2.09. The first-order valence-electron chi connectivity index (χ1n) is 11.1. The van der Waals surface area contributed by atoms with Crippen molar-refractivity contribution in [3.8, 4) is 5.75 Å². The van der Waals surface area contributed by atoms with Crippen molar-refractivity contribution in [1.29, 1.82) is 0 Å². The van der Waals surface area contributed by atoms with Crippen LogP contribution in [-0.4, -0.2) is 18.1 Å². The van der Waals surface area contributed by atoms with Crippen LogP contribution in [0, 0.1) is 13.8 Å². The van der Waals surface area contributed by atoms with E-state index in [2.05, 4.69) is 31.3 Å². The van der Waals surface area contributed by atoms with E-state index in [4.69, 9.17) is 9.47 Å². The van der Waals surface area contributed by atoms with E-state index in [1.807, 2.05) is 51.1 Å². The zero-order valence-corrected chi connectivity index (χ0v) is 19.2. The van der Waals surface area contributed by atoms with Crippen molar-refractivity contribution < 1.29 is 14.3 Å². The number of nitrogens with one attached hydrogen (secondary N) is 1. The molecule has 1 atom stereocenters. The summed E-state index contributed by atoms with van der Waals surface area (Å²) in [5.74, 6) is 0.786. The average molecular weight is 412 g/mol. The molecule has 4 nitrogen and oxygen atoms in total. The first kappa shape index (κ1) is 23.9. The minimum Gasteiger partial charge on any atom is -0.488 e. The maximum absolute atomic E-state index is 13.1. The molecule has 1 amide bonds. The molecule has 0 aliphatic rings. The van der Waals surface area contributed by atoms with Crippen LogP contribution in [0.25, 0.3) is 0 Å². The average Bonchev–Trinajstić information content (AvgIpc) is 2.72. The van der Waals surface area contributed by atoms with Crippen LogP contribution < -0.4 is 10.1 Å². The third-order valence-corrected chi connectivity index (χ3v) is 5.31. The predicted molar refractivity (Wildman–Crippen MR) is 124 cm³/mol. The van der Waals surface area contributed by atoms with Gasteiger partial charge in [0.1, 0.15) is 18.0 Å². The summed E-state index contributed by atoms with van der Waals surface area (Å²) < 4.78 is 12.1. The molecule has 30 heavy (non-hydrogen) atoms. The number of hydrogen-bond donors (Lipinski definition) is 1. The van der Waals surface area contributed by atoms with E-state index in [-0.39, 0.29) is 5.91 Å². The predicted octanol–water partition coefficient (Wildman–Crippen LogP) is 6.59. The number of hydrogen-bond acceptors (Lipinski definition) is 3. The van der Waals surface area contributed by atoms with Gasteiger partial charge in [-0.25, -0.2) is 0 Å². The first-order chi connectivity index (χ1) is 14.4. The Kier molecular flexibility index (Phi) is 9.38. The number of aryl methyl sites for hydroxylation is 2. The van der Waals surface area contributed by atoms with Gasteiger partial charge >= 0.3 is 0 Å². The van der Waals surface area contributed by atoms with Gasteiger partial charge in [0.15, 0.2) is 0 Å². The smallest absolute Gasteiger partial charge is 0.256 e. The van der Waals surface area contributed by atoms with E-state index >= 15 is 0 Å². The van der Waals surface area contributed by atoms with Gasteiger partial charge in [0.05, 0.1) is 0 Å². The topological polar surface area (TPSA) is 47.6 Å². The van der Waals surface area contributed by atoms with E-state index in [1.54, 1.807) is 0 Å². The van der Waals surface area contributed by atoms with Gasteiger partial charge in [-0.15, -0.1) is 0 Å². The van der Waals surface area contributed by atoms with Gasteiger partial charge in [0, 0.05) is 12.3 Å². The van der Waals surface area contributed by atoms with Gasteiger partial charge < -0.3 is 14.8 Å². The van der Waals surface area contributed by atoms with Crippen LogP contribution >= 0.6 is 0 Å². The number of unbranched alkanes of at least 4 members (excludes halogenated alkanes) is 2. The lowest BCUT2D eigenvalue weighted by atomic mass is 9.96. The Morgan fingerprint density at radius 3 is 2.27 bits per heavy atom. The van der Waals surface area contributed by atoms with E-state index in [1.165, 1.54) is 0 Å². The molecule has 0 aromatic heterocycles. The van der Waals surface area contributed by atoms with Gasteiger partial charge in [0.25, 0.3) is 5.91 Å². The van der Waals surface area contributed by atoms with Crippen LogP contribution in [0.2, 0.25) is 0 Å². The van der Waals surface area contributed by atoms with Crippen LogP contribution in [-0.2, 0) is 16.1 Å². The van der Waals surface area contributed by atoms with Crippen LogP contribution in [0.15, 0.2) is 42.5 Å². The Morgan fingerprint density at radius 1 is 1.00 bits per heavy atom. The molecule has 2 rings (SSSR count). The SMILES string of the molecule is CCCCC[C@@](C)(OCCC)C(=O)Nc1cc(C)c(OCc2ccccc2)c(C)c1. The second-order valence-electron chi connectivity index (χ2n) is 8.20. The molecule has 2 aromatic carbocycles. The Hall–Kier alpha value is -2.33. The van der Waals surface area contributed by atoms with Gasteiger partial charge in [-0.3, -0.25) is 4.79 Å². The lowest BCUT2D eigenvalue weighted by Gasteiger charge is -2.29. The minimum absolute atomic E-state index is 0.0798. The molecule has 0 bridgehead atoms. The molecular weight excluding hydrogens is 374 g/mol. The largest absolute Gasteiger partial charge is 0.488 e. The molecule has 0 aliphatic carbocycles. The minimum atomic E-state index is -0.810. The zero-order valence-electron chi connectivity index (χ0n) is 19.2. The van der Waals surface area contributed by atoms with Crippen molar-refractivity contribution in [3.63, 3.8) is 0 Å². The number of benzene rings is 2. The number of carbonyl (C=O) groups is 1. The van der Waals surface area contributed by atoms with Gasteiger partial charge in [0.2, 0.25) is 0 Å². The second-order valence-corrected chi connectivity index (χ2v) is 8.20. The Labute approximate surface area is 182 Å². The van der Waals surface area contributed by atoms with E-state index in [0.717, 1.165) is 60.2 Å². The van der Waals surface area contributed by atoms with Crippen LogP contribution in [0.1, 0.15) is 69.6 Å². The number of ether oxygens (including phenoxy) is 2. The summed E-state index contributed by atoms with van der Waals surface area (Å²) in [6.45, 7) is 11.3. The summed E-state index contributed by atoms with van der Waals surface area (Å²) in [5.41, 5.74) is 3.11. The summed E-state index contributed by atoms with van der Waals surface area (Å²) in [4.78, 5) is 13.1. The third kappa shape index (κ3) is 6.88. The molecule has 0 fully saturated rings. The fourth-order valence-corrected chi connectivity index (χ4v) is 3.53. The molecular formula is C26H37NO3. The highest BCUT2D eigenvalue weighted by atomic mass is 16.5. The van der Waals surface area contributed by atoms with Crippen molar-refractivity contribution >= 4 is 11.6 Å². The van der Waals surface area contributed by atoms with Gasteiger partial charge in [-0.05, 0) is 62.4 Å². The van der Waals surface area contributed by atoms with Crippen molar-refractivity contribution in [1.82, 2.24) is 0 Å².